The Bertz CT molecular complexity index is 1330. The Hall–Kier alpha value is -1.99. The maximum absolute atomic E-state index is 14.8. The molecule has 1 saturated heterocycles. The Balaban J connectivity index is 1.19. The zero-order valence-corrected chi connectivity index (χ0v) is 36.0. The molecule has 6 saturated carbocycles. The number of rotatable bonds is 14. The van der Waals surface area contributed by atoms with Gasteiger partial charge in [-0.3, -0.25) is 14.4 Å². The monoisotopic (exact) mass is 788 g/mol. The Morgan fingerprint density at radius 3 is 2.38 bits per heavy atom. The number of carbonyl (C=O) groups excluding carboxylic acids is 3. The number of nitrogens with one attached hydrogen (secondary N) is 3. The number of aliphatic hydroxyl groups excluding tert-OH is 1. The summed E-state index contributed by atoms with van der Waals surface area (Å²) in [6, 6.07) is -0.372. The maximum atomic E-state index is 14.8. The summed E-state index contributed by atoms with van der Waals surface area (Å²) in [6.07, 6.45) is 13.1. The van der Waals surface area contributed by atoms with Gasteiger partial charge in [-0.1, -0.05) is 59.3 Å². The Kier molecular flexibility index (Phi) is 14.7. The molecule has 7 aliphatic rings. The van der Waals surface area contributed by atoms with Crippen LogP contribution in [0.3, 0.4) is 0 Å². The maximum Gasteiger partial charge on any atom is 0.407 e. The van der Waals surface area contributed by atoms with E-state index in [0.717, 1.165) is 51.4 Å². The molecular formula is C44H77N5O7. The first kappa shape index (κ1) is 43.6. The average molecular weight is 788 g/mol. The number of hydroxylamine groups is 2. The molecular weight excluding hydrogens is 711 g/mol. The summed E-state index contributed by atoms with van der Waals surface area (Å²) in [6.45, 7) is 9.58. The molecule has 1 aliphatic heterocycles. The van der Waals surface area contributed by atoms with E-state index in [0.29, 0.717) is 48.7 Å². The van der Waals surface area contributed by atoms with Crippen LogP contribution in [0.4, 0.5) is 4.79 Å². The second-order valence-corrected chi connectivity index (χ2v) is 19.8. The molecule has 7 rings (SSSR count). The fourth-order valence-electron chi connectivity index (χ4n) is 12.7. The number of fused-ring (bicyclic) bond motifs is 2. The smallest absolute Gasteiger partial charge is 0.407 e. The molecule has 0 radical (unpaired) electrons. The number of aliphatic hydroxyl groups is 1. The highest BCUT2D eigenvalue weighted by atomic mass is 16.7. The zero-order valence-electron chi connectivity index (χ0n) is 36.0. The van der Waals surface area contributed by atoms with Gasteiger partial charge in [0.15, 0.2) is 0 Å². The number of ether oxygens (including phenoxy) is 2. The van der Waals surface area contributed by atoms with Crippen molar-refractivity contribution in [3.8, 4) is 0 Å². The molecule has 0 aromatic heterocycles. The normalized spacial score (nSPS) is 39.4. The largest absolute Gasteiger partial charge is 0.446 e. The van der Waals surface area contributed by atoms with Crippen LogP contribution < -0.4 is 16.0 Å². The lowest BCUT2D eigenvalue weighted by molar-refractivity contribution is -0.193. The van der Waals surface area contributed by atoms with Crippen LogP contribution in [0.1, 0.15) is 118 Å². The second-order valence-electron chi connectivity index (χ2n) is 19.8. The Morgan fingerprint density at radius 2 is 1.73 bits per heavy atom. The molecule has 1 heterocycles. The van der Waals surface area contributed by atoms with Gasteiger partial charge in [0, 0.05) is 51.2 Å². The van der Waals surface area contributed by atoms with Gasteiger partial charge in [-0.2, -0.15) is 5.06 Å². The van der Waals surface area contributed by atoms with Crippen molar-refractivity contribution in [2.45, 2.75) is 154 Å². The van der Waals surface area contributed by atoms with E-state index < -0.39 is 30.3 Å². The molecule has 14 atom stereocenters. The van der Waals surface area contributed by atoms with Crippen LogP contribution in [0, 0.1) is 58.7 Å². The summed E-state index contributed by atoms with van der Waals surface area (Å²) in [5, 5.41) is 21.9. The third kappa shape index (κ3) is 9.40. The van der Waals surface area contributed by atoms with Crippen molar-refractivity contribution >= 4 is 17.9 Å². The second kappa shape index (κ2) is 18.9. The van der Waals surface area contributed by atoms with Crippen molar-refractivity contribution in [1.82, 2.24) is 25.9 Å². The Morgan fingerprint density at radius 1 is 0.982 bits per heavy atom. The molecule has 12 heteroatoms. The van der Waals surface area contributed by atoms with E-state index in [4.69, 9.17) is 14.3 Å². The van der Waals surface area contributed by atoms with E-state index in [1.165, 1.54) is 38.5 Å². The molecule has 6 unspecified atom stereocenters. The minimum absolute atomic E-state index is 0.0326. The van der Waals surface area contributed by atoms with E-state index in [-0.39, 0.29) is 53.7 Å². The van der Waals surface area contributed by atoms with Crippen LogP contribution >= 0.6 is 0 Å². The predicted molar refractivity (Wildman–Crippen MR) is 216 cm³/mol. The molecule has 3 amide bonds. The van der Waals surface area contributed by atoms with Crippen molar-refractivity contribution in [1.29, 1.82) is 0 Å². The summed E-state index contributed by atoms with van der Waals surface area (Å²) < 4.78 is 12.4. The lowest BCUT2D eigenvalue weighted by Gasteiger charge is -2.62. The number of carbonyl (C=O) groups is 3. The quantitative estimate of drug-likeness (QED) is 0.183. The van der Waals surface area contributed by atoms with Crippen molar-refractivity contribution < 1.29 is 33.8 Å². The molecule has 4 N–H and O–H groups in total. The summed E-state index contributed by atoms with van der Waals surface area (Å²) in [7, 11) is 7.75. The van der Waals surface area contributed by atoms with Crippen molar-refractivity contribution in [2.24, 2.45) is 58.7 Å². The van der Waals surface area contributed by atoms with Gasteiger partial charge in [0.1, 0.15) is 18.2 Å². The van der Waals surface area contributed by atoms with E-state index >= 15 is 0 Å². The van der Waals surface area contributed by atoms with Gasteiger partial charge >= 0.3 is 6.09 Å². The van der Waals surface area contributed by atoms with E-state index in [1.807, 2.05) is 12.0 Å². The van der Waals surface area contributed by atoms with Gasteiger partial charge < -0.3 is 35.4 Å². The van der Waals surface area contributed by atoms with Gasteiger partial charge in [-0.15, -0.1) is 0 Å². The van der Waals surface area contributed by atoms with Crippen LogP contribution in [-0.2, 0) is 23.9 Å². The summed E-state index contributed by atoms with van der Waals surface area (Å²) in [5.74, 6) is 2.22. The minimum atomic E-state index is -0.751. The molecule has 7 fully saturated rings. The van der Waals surface area contributed by atoms with E-state index in [1.54, 1.807) is 14.2 Å². The number of hydrogen-bond donors (Lipinski definition) is 4. The number of nitrogens with zero attached hydrogens (tertiary/aromatic N) is 2. The first-order valence-corrected chi connectivity index (χ1v) is 22.5. The number of methoxy groups -OCH3 is 1. The summed E-state index contributed by atoms with van der Waals surface area (Å²) >= 11 is 0. The fourth-order valence-corrected chi connectivity index (χ4v) is 12.7. The third-order valence-corrected chi connectivity index (χ3v) is 16.2. The summed E-state index contributed by atoms with van der Waals surface area (Å²) in [5.41, 5.74) is 0.290. The fraction of sp³-hybridized carbons (Fsp3) is 0.932. The lowest BCUT2D eigenvalue weighted by atomic mass is 9.45. The number of alkyl carbamates (subject to hydrolysis) is 1. The highest BCUT2D eigenvalue weighted by Gasteiger charge is 2.58. The Labute approximate surface area is 337 Å². The average Bonchev–Trinajstić information content (AvgIpc) is 3.56. The topological polar surface area (TPSA) is 142 Å². The molecule has 0 spiro atoms. The first-order chi connectivity index (χ1) is 26.8. The van der Waals surface area contributed by atoms with E-state index in [9.17, 15) is 19.5 Å². The molecule has 320 valence electrons. The lowest BCUT2D eigenvalue weighted by Crippen LogP contribution is -2.62. The van der Waals surface area contributed by atoms with Crippen LogP contribution in [0.2, 0.25) is 0 Å². The van der Waals surface area contributed by atoms with Gasteiger partial charge in [0.2, 0.25) is 11.8 Å². The highest BCUT2D eigenvalue weighted by Crippen LogP contribution is 2.61. The predicted octanol–water partition coefficient (Wildman–Crippen LogP) is 5.38. The van der Waals surface area contributed by atoms with Crippen LogP contribution in [0.5, 0.6) is 0 Å². The van der Waals surface area contributed by atoms with Crippen LogP contribution in [0.15, 0.2) is 0 Å². The van der Waals surface area contributed by atoms with Crippen molar-refractivity contribution in [2.75, 3.05) is 47.9 Å². The van der Waals surface area contributed by atoms with Gasteiger partial charge in [-0.05, 0) is 113 Å². The minimum Gasteiger partial charge on any atom is -0.446 e. The van der Waals surface area contributed by atoms with Gasteiger partial charge in [0.05, 0.1) is 18.6 Å². The molecule has 12 nitrogen and oxygen atoms in total. The molecule has 56 heavy (non-hydrogen) atoms. The van der Waals surface area contributed by atoms with E-state index in [2.05, 4.69) is 55.7 Å². The molecule has 0 aromatic carbocycles. The molecule has 6 aliphatic carbocycles. The van der Waals surface area contributed by atoms with Crippen LogP contribution in [0.25, 0.3) is 0 Å². The molecule has 0 aromatic rings. The highest BCUT2D eigenvalue weighted by molar-refractivity contribution is 5.83. The van der Waals surface area contributed by atoms with Gasteiger partial charge in [-0.25, -0.2) is 4.79 Å². The number of amides is 3. The van der Waals surface area contributed by atoms with Crippen molar-refractivity contribution in [3.63, 3.8) is 0 Å². The third-order valence-electron chi connectivity index (χ3n) is 16.2. The van der Waals surface area contributed by atoms with Crippen LogP contribution in [-0.4, -0.2) is 117 Å². The number of hydrogen-bond acceptors (Lipinski definition) is 9. The first-order valence-electron chi connectivity index (χ1n) is 22.5. The molecule has 2 bridgehead atoms. The standard InChI is InChI=1S/C44H77N5O7/c1-26-35-22-32(44(35,3)4)23-36(26)47-42(52)39-38(27(2)55-43(53)46-18-17-28-13-10-9-11-14-28)37(25-50)56-49(39)24-29-15-12-16-34(40(29)54-8)30-19-31(41(51)45-5)21-33(20-30)48(6)7/h26-40,50H,9-25H2,1-8H3,(H,45,51)(H,46,53)(H,47,52)/t26-,27-,29?,30?,31?,32+,33?,34?,35-,36-,37-,38+,39-,40?/m0/s1. The SMILES string of the molecule is CNC(=O)C1CC(C2CCCC(CN3O[C@@H](CO)[C@@H]([C@H](C)OC(=O)NCCC4CCCCC4)[C@H]3C(=O)N[C@H]3C[C@H]4C[C@@H]([C@@H]3C)C4(C)C)C2OC)CC(N(C)C)C1. The van der Waals surface area contributed by atoms with Gasteiger partial charge in [0.25, 0.3) is 0 Å². The van der Waals surface area contributed by atoms with Crippen molar-refractivity contribution in [3.05, 3.63) is 0 Å². The zero-order chi connectivity index (χ0) is 40.3. The summed E-state index contributed by atoms with van der Waals surface area (Å²) in [4.78, 5) is 49.8.